The van der Waals surface area contributed by atoms with Crippen molar-refractivity contribution in [2.75, 3.05) is 16.8 Å². The molecule has 1 amide bonds. The highest BCUT2D eigenvalue weighted by atomic mass is 16.6. The fourth-order valence-corrected chi connectivity index (χ4v) is 2.98. The minimum Gasteiger partial charge on any atom is -0.440 e. The van der Waals surface area contributed by atoms with Crippen LogP contribution in [0.15, 0.2) is 42.6 Å². The smallest absolute Gasteiger partial charge is 0.416 e. The van der Waals surface area contributed by atoms with Crippen molar-refractivity contribution in [2.24, 2.45) is 0 Å². The van der Waals surface area contributed by atoms with Crippen molar-refractivity contribution >= 4 is 17.9 Å². The molecule has 2 heterocycles. The molecular weight excluding hydrogens is 320 g/mol. The van der Waals surface area contributed by atoms with Crippen molar-refractivity contribution in [2.45, 2.75) is 38.5 Å². The molecule has 1 aromatic heterocycles. The number of cyclic esters (lactones) is 1. The van der Waals surface area contributed by atoms with Gasteiger partial charge in [-0.2, -0.15) is 4.98 Å². The van der Waals surface area contributed by atoms with Crippen molar-refractivity contribution in [3.63, 3.8) is 0 Å². The largest absolute Gasteiger partial charge is 0.440 e. The van der Waals surface area contributed by atoms with Crippen LogP contribution in [0, 0.1) is 0 Å². The quantitative estimate of drug-likeness (QED) is 0.869. The van der Waals surface area contributed by atoms with Crippen molar-refractivity contribution in [3.05, 3.63) is 48.2 Å². The van der Waals surface area contributed by atoms with Crippen molar-refractivity contribution in [1.29, 1.82) is 0 Å². The Balaban J connectivity index is 1.99. The fraction of sp³-hybridized carbons (Fsp3) is 0.389. The van der Waals surface area contributed by atoms with Crippen LogP contribution in [0.4, 0.5) is 16.6 Å². The predicted octanol–water partition coefficient (Wildman–Crippen LogP) is 2.75. The molecule has 132 valence electrons. The number of nitrogens with one attached hydrogen (secondary N) is 1. The number of carbonyl (C=O) groups excluding carboxylic acids is 1. The highest BCUT2D eigenvalue weighted by molar-refractivity contribution is 5.90. The molecular formula is C18H22N4O3. The molecule has 0 radical (unpaired) electrons. The zero-order valence-electron chi connectivity index (χ0n) is 14.5. The lowest BCUT2D eigenvalue weighted by atomic mass is 9.91. The Morgan fingerprint density at radius 3 is 2.72 bits per heavy atom. The van der Waals surface area contributed by atoms with Crippen LogP contribution in [-0.4, -0.2) is 39.4 Å². The Labute approximate surface area is 146 Å². The molecule has 2 atom stereocenters. The third kappa shape index (κ3) is 3.41. The summed E-state index contributed by atoms with van der Waals surface area (Å²) in [4.78, 5) is 22.7. The van der Waals surface area contributed by atoms with Gasteiger partial charge in [0, 0.05) is 12.2 Å². The van der Waals surface area contributed by atoms with Crippen LogP contribution in [0.25, 0.3) is 0 Å². The summed E-state index contributed by atoms with van der Waals surface area (Å²) >= 11 is 0. The monoisotopic (exact) mass is 342 g/mol. The second kappa shape index (κ2) is 6.68. The fourth-order valence-electron chi connectivity index (χ4n) is 2.98. The average molecular weight is 342 g/mol. The second-order valence-electron chi connectivity index (χ2n) is 6.62. The third-order valence-electron chi connectivity index (χ3n) is 4.12. The molecule has 7 heteroatoms. The number of aromatic nitrogens is 2. The lowest BCUT2D eigenvalue weighted by Gasteiger charge is -2.28. The topological polar surface area (TPSA) is 87.6 Å². The standard InChI is InChI=1S/C18H22N4O3/c1-12(11-23)20-16-19-10-9-14(21-16)22-15(13-7-5-4-6-8-13)18(2,3)25-17(22)24/h4-10,12,15,23H,11H2,1-3H3,(H,19,20,21)/t12-,15-/m0/s1. The maximum atomic E-state index is 12.5. The number of aliphatic hydroxyl groups is 1. The summed E-state index contributed by atoms with van der Waals surface area (Å²) in [6.45, 7) is 5.54. The highest BCUT2D eigenvalue weighted by Gasteiger charge is 2.49. The number of hydrogen-bond acceptors (Lipinski definition) is 6. The van der Waals surface area contributed by atoms with E-state index in [0.717, 1.165) is 5.56 Å². The van der Waals surface area contributed by atoms with E-state index >= 15 is 0 Å². The van der Waals surface area contributed by atoms with E-state index < -0.39 is 11.7 Å². The first-order chi connectivity index (χ1) is 11.9. The van der Waals surface area contributed by atoms with Gasteiger partial charge in [-0.25, -0.2) is 14.7 Å². The number of hydrogen-bond donors (Lipinski definition) is 2. The first kappa shape index (κ1) is 17.2. The molecule has 2 aromatic rings. The average Bonchev–Trinajstić information content (AvgIpc) is 2.84. The van der Waals surface area contributed by atoms with Gasteiger partial charge in [-0.05, 0) is 32.4 Å². The van der Waals surface area contributed by atoms with Gasteiger partial charge in [0.05, 0.1) is 6.61 Å². The molecule has 0 aliphatic carbocycles. The van der Waals surface area contributed by atoms with Gasteiger partial charge in [-0.15, -0.1) is 0 Å². The number of aliphatic hydroxyl groups excluding tert-OH is 1. The van der Waals surface area contributed by atoms with E-state index in [1.54, 1.807) is 17.2 Å². The van der Waals surface area contributed by atoms with Crippen LogP contribution >= 0.6 is 0 Å². The number of rotatable bonds is 5. The number of amides is 1. The molecule has 3 rings (SSSR count). The maximum Gasteiger partial charge on any atom is 0.416 e. The Morgan fingerprint density at radius 1 is 1.32 bits per heavy atom. The molecule has 0 saturated carbocycles. The summed E-state index contributed by atoms with van der Waals surface area (Å²) in [5.74, 6) is 0.801. The van der Waals surface area contributed by atoms with Gasteiger partial charge < -0.3 is 15.2 Å². The Kier molecular flexibility index (Phi) is 4.59. The first-order valence-electron chi connectivity index (χ1n) is 8.20. The third-order valence-corrected chi connectivity index (χ3v) is 4.12. The molecule has 2 N–H and O–H groups in total. The van der Waals surface area contributed by atoms with E-state index in [1.807, 2.05) is 51.1 Å². The molecule has 1 aliphatic heterocycles. The predicted molar refractivity (Wildman–Crippen MR) is 94.4 cm³/mol. The zero-order valence-corrected chi connectivity index (χ0v) is 14.5. The van der Waals surface area contributed by atoms with E-state index in [9.17, 15) is 9.90 Å². The zero-order chi connectivity index (χ0) is 18.0. The molecule has 0 unspecified atom stereocenters. The minimum atomic E-state index is -0.699. The molecule has 1 aliphatic rings. The Bertz CT molecular complexity index is 751. The lowest BCUT2D eigenvalue weighted by molar-refractivity contribution is 0.0685. The van der Waals surface area contributed by atoms with Crippen LogP contribution in [-0.2, 0) is 4.74 Å². The molecule has 1 aromatic carbocycles. The summed E-state index contributed by atoms with van der Waals surface area (Å²) in [6.07, 6.45) is 1.13. The van der Waals surface area contributed by atoms with Gasteiger partial charge in [0.1, 0.15) is 17.5 Å². The number of ether oxygens (including phenoxy) is 1. The van der Waals surface area contributed by atoms with E-state index in [2.05, 4.69) is 15.3 Å². The van der Waals surface area contributed by atoms with E-state index in [-0.39, 0.29) is 18.7 Å². The summed E-state index contributed by atoms with van der Waals surface area (Å²) in [5.41, 5.74) is 0.269. The van der Waals surface area contributed by atoms with Crippen LogP contribution in [0.2, 0.25) is 0 Å². The van der Waals surface area contributed by atoms with E-state index in [0.29, 0.717) is 11.8 Å². The normalized spacial score (nSPS) is 20.2. The van der Waals surface area contributed by atoms with Crippen molar-refractivity contribution in [3.8, 4) is 0 Å². The van der Waals surface area contributed by atoms with E-state index in [1.165, 1.54) is 0 Å². The van der Waals surface area contributed by atoms with Crippen molar-refractivity contribution in [1.82, 2.24) is 9.97 Å². The minimum absolute atomic E-state index is 0.0426. The highest BCUT2D eigenvalue weighted by Crippen LogP contribution is 2.43. The Morgan fingerprint density at radius 2 is 2.04 bits per heavy atom. The summed E-state index contributed by atoms with van der Waals surface area (Å²) in [6, 6.07) is 10.9. The summed E-state index contributed by atoms with van der Waals surface area (Å²) in [7, 11) is 0. The van der Waals surface area contributed by atoms with Gasteiger partial charge >= 0.3 is 6.09 Å². The lowest BCUT2D eigenvalue weighted by Crippen LogP contribution is -2.34. The SMILES string of the molecule is C[C@@H](CO)Nc1nccc(N2C(=O)OC(C)(C)[C@@H]2c2ccccc2)n1. The van der Waals surface area contributed by atoms with Crippen LogP contribution < -0.4 is 10.2 Å². The molecule has 25 heavy (non-hydrogen) atoms. The molecule has 7 nitrogen and oxygen atoms in total. The van der Waals surface area contributed by atoms with Gasteiger partial charge in [-0.3, -0.25) is 0 Å². The van der Waals surface area contributed by atoms with Gasteiger partial charge in [0.15, 0.2) is 0 Å². The summed E-state index contributed by atoms with van der Waals surface area (Å²) < 4.78 is 5.59. The molecule has 0 spiro atoms. The van der Waals surface area contributed by atoms with E-state index in [4.69, 9.17) is 4.74 Å². The first-order valence-corrected chi connectivity index (χ1v) is 8.20. The molecule has 0 bridgehead atoms. The number of benzene rings is 1. The number of nitrogens with zero attached hydrogens (tertiary/aromatic N) is 3. The van der Waals surface area contributed by atoms with Crippen LogP contribution in [0.5, 0.6) is 0 Å². The molecule has 1 fully saturated rings. The van der Waals surface area contributed by atoms with Gasteiger partial charge in [0.2, 0.25) is 5.95 Å². The van der Waals surface area contributed by atoms with Crippen LogP contribution in [0.1, 0.15) is 32.4 Å². The summed E-state index contributed by atoms with van der Waals surface area (Å²) in [5, 5.41) is 12.2. The maximum absolute atomic E-state index is 12.5. The Hall–Kier alpha value is -2.67. The number of anilines is 2. The molecule has 1 saturated heterocycles. The van der Waals surface area contributed by atoms with Gasteiger partial charge in [-0.1, -0.05) is 30.3 Å². The number of carbonyl (C=O) groups is 1. The van der Waals surface area contributed by atoms with Gasteiger partial charge in [0.25, 0.3) is 0 Å². The van der Waals surface area contributed by atoms with Crippen LogP contribution in [0.3, 0.4) is 0 Å². The van der Waals surface area contributed by atoms with Crippen molar-refractivity contribution < 1.29 is 14.6 Å². The second-order valence-corrected chi connectivity index (χ2v) is 6.62.